The zero-order chi connectivity index (χ0) is 10.0. The monoisotopic (exact) mass is 177 g/mol. The lowest BCUT2D eigenvalue weighted by Crippen LogP contribution is -1.98. The standard InChI is InChI=1S/C12H17O/c1-8(2)10-6-5-7-11(13)12(10)9(3)4/h5-9H,1-4H3. The molecule has 1 nitrogen and oxygen atoms in total. The van der Waals surface area contributed by atoms with Gasteiger partial charge < -0.3 is 0 Å². The summed E-state index contributed by atoms with van der Waals surface area (Å²) in [5.74, 6) is 0.943. The molecule has 1 aromatic rings. The Morgan fingerprint density at radius 1 is 1.00 bits per heavy atom. The molecule has 0 amide bonds. The Bertz CT molecular complexity index is 287. The van der Waals surface area contributed by atoms with Gasteiger partial charge in [-0.25, -0.2) is 0 Å². The molecule has 13 heavy (non-hydrogen) atoms. The Kier molecular flexibility index (Phi) is 2.97. The van der Waals surface area contributed by atoms with Gasteiger partial charge in [0, 0.05) is 5.56 Å². The fourth-order valence-electron chi connectivity index (χ4n) is 1.68. The van der Waals surface area contributed by atoms with Crippen LogP contribution in [0.1, 0.15) is 50.7 Å². The first-order valence-electron chi connectivity index (χ1n) is 4.83. The van der Waals surface area contributed by atoms with E-state index in [0.29, 0.717) is 11.8 Å². The number of benzene rings is 1. The zero-order valence-electron chi connectivity index (χ0n) is 8.79. The van der Waals surface area contributed by atoms with E-state index in [9.17, 15) is 5.11 Å². The third-order valence-corrected chi connectivity index (χ3v) is 2.30. The lowest BCUT2D eigenvalue weighted by atomic mass is 9.90. The van der Waals surface area contributed by atoms with E-state index in [1.165, 1.54) is 5.56 Å². The quantitative estimate of drug-likeness (QED) is 0.648. The van der Waals surface area contributed by atoms with Crippen LogP contribution in [-0.2, 0) is 5.11 Å². The largest absolute Gasteiger partial charge is 0.290 e. The van der Waals surface area contributed by atoms with Crippen molar-refractivity contribution < 1.29 is 5.11 Å². The van der Waals surface area contributed by atoms with Gasteiger partial charge in [-0.15, -0.1) is 0 Å². The van der Waals surface area contributed by atoms with Gasteiger partial charge in [-0.3, -0.25) is 5.11 Å². The highest BCUT2D eigenvalue weighted by atomic mass is 16.3. The molecule has 0 N–H and O–H groups in total. The predicted octanol–water partition coefficient (Wildman–Crippen LogP) is 4.08. The first kappa shape index (κ1) is 10.1. The van der Waals surface area contributed by atoms with Gasteiger partial charge in [0.15, 0.2) is 5.75 Å². The van der Waals surface area contributed by atoms with Crippen LogP contribution in [0, 0.1) is 0 Å². The summed E-state index contributed by atoms with van der Waals surface area (Å²) in [5.41, 5.74) is 2.18. The summed E-state index contributed by atoms with van der Waals surface area (Å²) in [5, 5.41) is 11.6. The van der Waals surface area contributed by atoms with Crippen LogP contribution in [0.4, 0.5) is 0 Å². The van der Waals surface area contributed by atoms with Crippen molar-refractivity contribution >= 4 is 0 Å². The molecule has 0 unspecified atom stereocenters. The number of rotatable bonds is 2. The highest BCUT2D eigenvalue weighted by molar-refractivity contribution is 5.42. The molecule has 0 aliphatic rings. The van der Waals surface area contributed by atoms with Crippen LogP contribution in [0.5, 0.6) is 5.75 Å². The van der Waals surface area contributed by atoms with Crippen LogP contribution in [0.2, 0.25) is 0 Å². The van der Waals surface area contributed by atoms with Crippen molar-refractivity contribution in [3.05, 3.63) is 29.3 Å². The molecule has 0 heterocycles. The van der Waals surface area contributed by atoms with Gasteiger partial charge in [0.25, 0.3) is 0 Å². The molecule has 0 fully saturated rings. The Hall–Kier alpha value is -0.980. The van der Waals surface area contributed by atoms with Gasteiger partial charge in [0.05, 0.1) is 0 Å². The zero-order valence-corrected chi connectivity index (χ0v) is 8.79. The molecule has 71 valence electrons. The van der Waals surface area contributed by atoms with Gasteiger partial charge >= 0.3 is 0 Å². The van der Waals surface area contributed by atoms with Crippen LogP contribution in [0.15, 0.2) is 18.2 Å². The van der Waals surface area contributed by atoms with Crippen molar-refractivity contribution in [1.29, 1.82) is 0 Å². The summed E-state index contributed by atoms with van der Waals surface area (Å²) >= 11 is 0. The molecule has 1 aromatic carbocycles. The fourth-order valence-corrected chi connectivity index (χ4v) is 1.68. The third-order valence-electron chi connectivity index (χ3n) is 2.30. The van der Waals surface area contributed by atoms with Crippen molar-refractivity contribution in [2.24, 2.45) is 0 Å². The third kappa shape index (κ3) is 2.03. The Morgan fingerprint density at radius 3 is 2.00 bits per heavy atom. The second-order valence-electron chi connectivity index (χ2n) is 4.07. The van der Waals surface area contributed by atoms with Crippen molar-refractivity contribution in [3.8, 4) is 5.75 Å². The summed E-state index contributed by atoms with van der Waals surface area (Å²) in [6.45, 7) is 8.40. The lowest BCUT2D eigenvalue weighted by molar-refractivity contribution is 0.347. The average molecular weight is 177 g/mol. The van der Waals surface area contributed by atoms with Crippen LogP contribution >= 0.6 is 0 Å². The minimum atomic E-state index is 0.182. The van der Waals surface area contributed by atoms with E-state index in [0.717, 1.165) is 5.56 Å². The number of hydrogen-bond donors (Lipinski definition) is 0. The highest BCUT2D eigenvalue weighted by Gasteiger charge is 2.14. The van der Waals surface area contributed by atoms with Gasteiger partial charge in [-0.05, 0) is 23.5 Å². The van der Waals surface area contributed by atoms with E-state index in [2.05, 4.69) is 33.8 Å². The minimum Gasteiger partial charge on any atom is -0.290 e. The maximum absolute atomic E-state index is 11.6. The molecule has 1 radical (unpaired) electrons. The van der Waals surface area contributed by atoms with Crippen LogP contribution in [0.3, 0.4) is 0 Å². The van der Waals surface area contributed by atoms with E-state index < -0.39 is 0 Å². The molecule has 0 saturated carbocycles. The van der Waals surface area contributed by atoms with E-state index in [4.69, 9.17) is 0 Å². The summed E-state index contributed by atoms with van der Waals surface area (Å²) in [7, 11) is 0. The molecule has 0 aromatic heterocycles. The maximum atomic E-state index is 11.6. The normalized spacial score (nSPS) is 11.2. The number of hydrogen-bond acceptors (Lipinski definition) is 0. The summed E-state index contributed by atoms with van der Waals surface area (Å²) < 4.78 is 0. The minimum absolute atomic E-state index is 0.182. The Labute approximate surface area is 80.4 Å². The van der Waals surface area contributed by atoms with Gasteiger partial charge in [0.1, 0.15) is 0 Å². The van der Waals surface area contributed by atoms with Crippen molar-refractivity contribution in [2.45, 2.75) is 39.5 Å². The van der Waals surface area contributed by atoms with Crippen LogP contribution in [0.25, 0.3) is 0 Å². The first-order chi connectivity index (χ1) is 6.04. The maximum Gasteiger partial charge on any atom is 0.182 e. The highest BCUT2D eigenvalue weighted by Crippen LogP contribution is 2.33. The van der Waals surface area contributed by atoms with Crippen molar-refractivity contribution in [1.82, 2.24) is 0 Å². The Balaban J connectivity index is 3.26. The smallest absolute Gasteiger partial charge is 0.182 e. The molecule has 1 rings (SSSR count). The molecule has 0 bridgehead atoms. The molecule has 0 aliphatic carbocycles. The van der Waals surface area contributed by atoms with E-state index in [1.807, 2.05) is 6.07 Å². The molecular weight excluding hydrogens is 160 g/mol. The Morgan fingerprint density at radius 2 is 1.62 bits per heavy atom. The van der Waals surface area contributed by atoms with Crippen molar-refractivity contribution in [2.75, 3.05) is 0 Å². The molecular formula is C12H17O. The van der Waals surface area contributed by atoms with Gasteiger partial charge in [0.2, 0.25) is 0 Å². The summed E-state index contributed by atoms with van der Waals surface area (Å²) in [6, 6.07) is 5.56. The lowest BCUT2D eigenvalue weighted by Gasteiger charge is -2.15. The second kappa shape index (κ2) is 3.82. The topological polar surface area (TPSA) is 19.9 Å². The molecule has 0 saturated heterocycles. The second-order valence-corrected chi connectivity index (χ2v) is 4.07. The van der Waals surface area contributed by atoms with Crippen LogP contribution < -0.4 is 0 Å². The molecule has 0 aliphatic heterocycles. The SMILES string of the molecule is CC(C)c1cccc([O])c1C(C)C. The fraction of sp³-hybridized carbons (Fsp3) is 0.500. The van der Waals surface area contributed by atoms with Crippen LogP contribution in [-0.4, -0.2) is 0 Å². The molecule has 1 heteroatoms. The van der Waals surface area contributed by atoms with Gasteiger partial charge in [-0.2, -0.15) is 0 Å². The van der Waals surface area contributed by atoms with E-state index in [-0.39, 0.29) is 5.75 Å². The average Bonchev–Trinajstić information content (AvgIpc) is 2.02. The van der Waals surface area contributed by atoms with Crippen molar-refractivity contribution in [3.63, 3.8) is 0 Å². The predicted molar refractivity (Wildman–Crippen MR) is 54.8 cm³/mol. The molecule has 0 spiro atoms. The summed E-state index contributed by atoms with van der Waals surface area (Å²) in [6.07, 6.45) is 0. The van der Waals surface area contributed by atoms with E-state index >= 15 is 0 Å². The molecule has 0 atom stereocenters. The van der Waals surface area contributed by atoms with Gasteiger partial charge in [-0.1, -0.05) is 39.8 Å². The first-order valence-corrected chi connectivity index (χ1v) is 4.83. The summed E-state index contributed by atoms with van der Waals surface area (Å²) in [4.78, 5) is 0. The van der Waals surface area contributed by atoms with E-state index in [1.54, 1.807) is 6.07 Å².